The number of hydrogen-bond donors (Lipinski definition) is 0. The van der Waals surface area contributed by atoms with Crippen molar-refractivity contribution in [3.05, 3.63) is 82.9 Å². The molecule has 0 aliphatic carbocycles. The van der Waals surface area contributed by atoms with Crippen LogP contribution in [0.15, 0.2) is 66.0 Å². The molecule has 1 unspecified atom stereocenters. The van der Waals surface area contributed by atoms with Gasteiger partial charge in [-0.05, 0) is 37.6 Å². The Balaban J connectivity index is 2.26. The van der Waals surface area contributed by atoms with Crippen molar-refractivity contribution in [2.75, 3.05) is 6.61 Å². The topological polar surface area (TPSA) is 44.1 Å². The number of fused-ring (bicyclic) bond motifs is 1. The fraction of sp³-hybridized carbons (Fsp3) is 0.238. The molecule has 4 nitrogen and oxygen atoms in total. The lowest BCUT2D eigenvalue weighted by Gasteiger charge is -2.18. The highest BCUT2D eigenvalue weighted by Crippen LogP contribution is 2.18. The summed E-state index contributed by atoms with van der Waals surface area (Å²) in [5.74, 6) is 0.677. The van der Waals surface area contributed by atoms with Crippen molar-refractivity contribution in [2.24, 2.45) is 0 Å². The first-order valence-corrected chi connectivity index (χ1v) is 8.46. The third kappa shape index (κ3) is 3.39. The maximum Gasteiger partial charge on any atom is 0.265 e. The monoisotopic (exact) mass is 334 g/mol. The lowest BCUT2D eigenvalue weighted by Crippen LogP contribution is -2.27. The Kier molecular flexibility index (Phi) is 5.10. The Bertz CT molecular complexity index is 960. The van der Waals surface area contributed by atoms with Gasteiger partial charge >= 0.3 is 0 Å². The van der Waals surface area contributed by atoms with E-state index >= 15 is 0 Å². The summed E-state index contributed by atoms with van der Waals surface area (Å²) in [7, 11) is 0. The Morgan fingerprint density at radius 1 is 1.20 bits per heavy atom. The van der Waals surface area contributed by atoms with Crippen LogP contribution in [-0.4, -0.2) is 22.3 Å². The second kappa shape index (κ2) is 7.45. The van der Waals surface area contributed by atoms with E-state index in [1.54, 1.807) is 10.6 Å². The molecule has 1 heterocycles. The van der Waals surface area contributed by atoms with E-state index in [0.29, 0.717) is 29.8 Å². The molecule has 0 saturated heterocycles. The van der Waals surface area contributed by atoms with Gasteiger partial charge in [0.15, 0.2) is 0 Å². The fourth-order valence-electron chi connectivity index (χ4n) is 2.98. The summed E-state index contributed by atoms with van der Waals surface area (Å²) in [6.07, 6.45) is 2.06. The van der Waals surface area contributed by atoms with Crippen LogP contribution in [0.2, 0.25) is 0 Å². The largest absolute Gasteiger partial charge is 0.374 e. The van der Waals surface area contributed by atoms with E-state index in [4.69, 9.17) is 9.72 Å². The molecule has 3 rings (SSSR count). The van der Waals surface area contributed by atoms with E-state index in [0.717, 1.165) is 11.3 Å². The summed E-state index contributed by atoms with van der Waals surface area (Å²) in [4.78, 5) is 17.9. The number of aromatic nitrogens is 2. The van der Waals surface area contributed by atoms with Crippen LogP contribution in [0.3, 0.4) is 0 Å². The highest BCUT2D eigenvalue weighted by atomic mass is 16.5. The zero-order chi connectivity index (χ0) is 17.8. The fourth-order valence-corrected chi connectivity index (χ4v) is 2.98. The lowest BCUT2D eigenvalue weighted by molar-refractivity contribution is 0.0951. The molecule has 0 N–H and O–H groups in total. The highest BCUT2D eigenvalue weighted by molar-refractivity contribution is 5.77. The average molecular weight is 334 g/mol. The molecule has 0 aliphatic heterocycles. The first-order chi connectivity index (χ1) is 12.2. The Morgan fingerprint density at radius 3 is 2.64 bits per heavy atom. The third-order valence-corrected chi connectivity index (χ3v) is 4.23. The maximum absolute atomic E-state index is 13.2. The Hall–Kier alpha value is -2.72. The van der Waals surface area contributed by atoms with Crippen LogP contribution in [0.25, 0.3) is 16.6 Å². The molecular weight excluding hydrogens is 312 g/mol. The molecule has 0 saturated carbocycles. The van der Waals surface area contributed by atoms with Gasteiger partial charge in [-0.1, -0.05) is 36.4 Å². The highest BCUT2D eigenvalue weighted by Gasteiger charge is 2.17. The third-order valence-electron chi connectivity index (χ3n) is 4.23. The Morgan fingerprint density at radius 2 is 1.92 bits per heavy atom. The first kappa shape index (κ1) is 17.1. The van der Waals surface area contributed by atoms with E-state index in [1.165, 1.54) is 0 Å². The van der Waals surface area contributed by atoms with E-state index in [1.807, 2.05) is 62.4 Å². The number of aryl methyl sites for hydroxylation is 1. The lowest BCUT2D eigenvalue weighted by atomic mass is 10.1. The molecule has 1 aromatic heterocycles. The van der Waals surface area contributed by atoms with Crippen LogP contribution in [0.4, 0.5) is 0 Å². The molecule has 0 bridgehead atoms. The van der Waals surface area contributed by atoms with Gasteiger partial charge in [0.1, 0.15) is 5.82 Å². The molecule has 0 spiro atoms. The van der Waals surface area contributed by atoms with Crippen LogP contribution in [-0.2, 0) is 11.2 Å². The van der Waals surface area contributed by atoms with Crippen LogP contribution < -0.4 is 5.56 Å². The predicted molar refractivity (Wildman–Crippen MR) is 101 cm³/mol. The number of nitrogens with zero attached hydrogens (tertiary/aromatic N) is 2. The minimum atomic E-state index is -0.187. The summed E-state index contributed by atoms with van der Waals surface area (Å²) < 4.78 is 7.40. The zero-order valence-corrected chi connectivity index (χ0v) is 14.6. The minimum absolute atomic E-state index is 0.0609. The predicted octanol–water partition coefficient (Wildman–Crippen LogP) is 3.83. The minimum Gasteiger partial charge on any atom is -0.374 e. The molecule has 2 aromatic carbocycles. The van der Waals surface area contributed by atoms with E-state index in [-0.39, 0.29) is 11.7 Å². The summed E-state index contributed by atoms with van der Waals surface area (Å²) in [5, 5.41) is 0.612. The van der Waals surface area contributed by atoms with Crippen LogP contribution in [0.5, 0.6) is 0 Å². The van der Waals surface area contributed by atoms with Crippen molar-refractivity contribution >= 4 is 10.9 Å². The SMILES string of the molecule is C=CC(Cc1nc2ccccc2c(=O)n1-c1ccccc1C)OCC. The molecule has 0 radical (unpaired) electrons. The Labute approximate surface area is 147 Å². The molecule has 0 fully saturated rings. The van der Waals surface area contributed by atoms with Crippen LogP contribution in [0, 0.1) is 6.92 Å². The molecule has 0 amide bonds. The van der Waals surface area contributed by atoms with Crippen molar-refractivity contribution < 1.29 is 4.74 Å². The van der Waals surface area contributed by atoms with Gasteiger partial charge in [0, 0.05) is 13.0 Å². The summed E-state index contributed by atoms with van der Waals surface area (Å²) >= 11 is 0. The van der Waals surface area contributed by atoms with Gasteiger partial charge in [0.05, 0.1) is 22.7 Å². The second-order valence-electron chi connectivity index (χ2n) is 5.91. The molecule has 25 heavy (non-hydrogen) atoms. The van der Waals surface area contributed by atoms with Crippen LogP contribution >= 0.6 is 0 Å². The quantitative estimate of drug-likeness (QED) is 0.644. The van der Waals surface area contributed by atoms with Gasteiger partial charge in [-0.3, -0.25) is 9.36 Å². The van der Waals surface area contributed by atoms with E-state index < -0.39 is 0 Å². The first-order valence-electron chi connectivity index (χ1n) is 8.46. The number of ether oxygens (including phenoxy) is 1. The molecule has 3 aromatic rings. The van der Waals surface area contributed by atoms with Crippen molar-refractivity contribution in [1.29, 1.82) is 0 Å². The molecule has 0 aliphatic rings. The van der Waals surface area contributed by atoms with Gasteiger partial charge < -0.3 is 4.74 Å². The van der Waals surface area contributed by atoms with Crippen molar-refractivity contribution in [1.82, 2.24) is 9.55 Å². The van der Waals surface area contributed by atoms with Gasteiger partial charge in [-0.25, -0.2) is 4.98 Å². The standard InChI is InChI=1S/C21H22N2O2/c1-4-16(25-5-2)14-20-22-18-12-8-7-11-17(18)21(24)23(20)19-13-9-6-10-15(19)3/h4,6-13,16H,1,5,14H2,2-3H3. The number of rotatable bonds is 6. The van der Waals surface area contributed by atoms with Gasteiger partial charge in [-0.2, -0.15) is 0 Å². The van der Waals surface area contributed by atoms with E-state index in [2.05, 4.69) is 6.58 Å². The van der Waals surface area contributed by atoms with Crippen molar-refractivity contribution in [3.63, 3.8) is 0 Å². The average Bonchev–Trinajstić information content (AvgIpc) is 2.63. The summed E-state index contributed by atoms with van der Waals surface area (Å²) in [5.41, 5.74) is 2.51. The van der Waals surface area contributed by atoms with Gasteiger partial charge in [0.25, 0.3) is 5.56 Å². The number of benzene rings is 2. The maximum atomic E-state index is 13.2. The normalized spacial score (nSPS) is 12.2. The smallest absolute Gasteiger partial charge is 0.265 e. The van der Waals surface area contributed by atoms with Gasteiger partial charge in [-0.15, -0.1) is 6.58 Å². The van der Waals surface area contributed by atoms with Crippen molar-refractivity contribution in [2.45, 2.75) is 26.4 Å². The van der Waals surface area contributed by atoms with E-state index in [9.17, 15) is 4.79 Å². The molecule has 4 heteroatoms. The van der Waals surface area contributed by atoms with Crippen LogP contribution in [0.1, 0.15) is 18.3 Å². The number of para-hydroxylation sites is 2. The summed E-state index contributed by atoms with van der Waals surface area (Å²) in [6.45, 7) is 8.36. The van der Waals surface area contributed by atoms with Crippen molar-refractivity contribution in [3.8, 4) is 5.69 Å². The molecule has 1 atom stereocenters. The van der Waals surface area contributed by atoms with Gasteiger partial charge in [0.2, 0.25) is 0 Å². The number of hydrogen-bond acceptors (Lipinski definition) is 3. The molecular formula is C21H22N2O2. The second-order valence-corrected chi connectivity index (χ2v) is 5.91. The summed E-state index contributed by atoms with van der Waals surface area (Å²) in [6, 6.07) is 15.3. The zero-order valence-electron chi connectivity index (χ0n) is 14.6. The molecule has 128 valence electrons.